The molecule has 29 heavy (non-hydrogen) atoms. The molecule has 8 heteroatoms. The number of carbonyl (C=O) groups is 1. The van der Waals surface area contributed by atoms with Gasteiger partial charge in [-0.3, -0.25) is 9.89 Å². The number of carbonyl (C=O) groups excluding carboxylic acids is 1. The third-order valence-corrected chi connectivity index (χ3v) is 6.10. The first-order chi connectivity index (χ1) is 14.2. The van der Waals surface area contributed by atoms with Crippen LogP contribution in [0.3, 0.4) is 0 Å². The van der Waals surface area contributed by atoms with Gasteiger partial charge in [0.2, 0.25) is 5.91 Å². The lowest BCUT2D eigenvalue weighted by Crippen LogP contribution is -2.28. The Labute approximate surface area is 166 Å². The number of rotatable bonds is 4. The number of amides is 1. The normalized spacial score (nSPS) is 18.8. The summed E-state index contributed by atoms with van der Waals surface area (Å²) in [7, 11) is 0. The summed E-state index contributed by atoms with van der Waals surface area (Å²) in [5.41, 5.74) is 10.7. The van der Waals surface area contributed by atoms with E-state index in [0.29, 0.717) is 12.3 Å². The van der Waals surface area contributed by atoms with E-state index in [4.69, 9.17) is 15.7 Å². The molecule has 4 aromatic rings. The molecular weight excluding hydrogens is 366 g/mol. The molecule has 0 saturated heterocycles. The zero-order chi connectivity index (χ0) is 19.5. The molecule has 1 atom stereocenters. The lowest BCUT2D eigenvalue weighted by Gasteiger charge is -2.20. The van der Waals surface area contributed by atoms with Crippen LogP contribution in [0.2, 0.25) is 0 Å². The van der Waals surface area contributed by atoms with Crippen molar-refractivity contribution < 1.29 is 4.79 Å². The maximum Gasteiger partial charge on any atom is 0.220 e. The number of aryl methyl sites for hydroxylation is 1. The van der Waals surface area contributed by atoms with Crippen molar-refractivity contribution in [3.63, 3.8) is 0 Å². The third-order valence-electron chi connectivity index (χ3n) is 6.10. The number of primary amides is 1. The molecule has 0 spiro atoms. The number of nitrogens with two attached hydrogens (primary N) is 1. The minimum atomic E-state index is -0.236. The topological polar surface area (TPSA) is 125 Å². The highest BCUT2D eigenvalue weighted by molar-refractivity contribution is 5.95. The summed E-state index contributed by atoms with van der Waals surface area (Å²) in [6, 6.07) is 6.06. The highest BCUT2D eigenvalue weighted by Gasteiger charge is 2.31. The van der Waals surface area contributed by atoms with Crippen molar-refractivity contribution in [1.29, 1.82) is 0 Å². The number of benzene rings is 1. The van der Waals surface area contributed by atoms with Crippen molar-refractivity contribution in [3.05, 3.63) is 41.5 Å². The van der Waals surface area contributed by atoms with Crippen molar-refractivity contribution in [1.82, 2.24) is 25.1 Å². The Kier molecular flexibility index (Phi) is 3.44. The second kappa shape index (κ2) is 6.04. The first-order valence-electron chi connectivity index (χ1n) is 10.1. The molecule has 3 aromatic heterocycles. The molecular formula is C21H21N7O. The Morgan fingerprint density at radius 3 is 2.93 bits per heavy atom. The first-order valence-corrected chi connectivity index (χ1v) is 10.1. The smallest absolute Gasteiger partial charge is 0.220 e. The highest BCUT2D eigenvalue weighted by Crippen LogP contribution is 2.41. The molecule has 5 N–H and O–H groups in total. The van der Waals surface area contributed by atoms with Gasteiger partial charge in [-0.05, 0) is 55.9 Å². The Morgan fingerprint density at radius 2 is 2.10 bits per heavy atom. The Balaban J connectivity index is 1.49. The molecule has 1 unspecified atom stereocenters. The van der Waals surface area contributed by atoms with E-state index in [-0.39, 0.29) is 11.8 Å². The van der Waals surface area contributed by atoms with Gasteiger partial charge in [-0.15, -0.1) is 0 Å². The van der Waals surface area contributed by atoms with E-state index in [0.717, 1.165) is 76.2 Å². The fraction of sp³-hybridized carbons (Fsp3) is 0.333. The van der Waals surface area contributed by atoms with Crippen molar-refractivity contribution in [2.45, 2.75) is 38.0 Å². The third kappa shape index (κ3) is 2.74. The van der Waals surface area contributed by atoms with Crippen LogP contribution in [-0.2, 0) is 17.6 Å². The highest BCUT2D eigenvalue weighted by atomic mass is 16.1. The van der Waals surface area contributed by atoms with E-state index >= 15 is 0 Å². The van der Waals surface area contributed by atoms with Crippen molar-refractivity contribution in [2.75, 3.05) is 5.32 Å². The first kappa shape index (κ1) is 16.5. The molecule has 0 bridgehead atoms. The van der Waals surface area contributed by atoms with Gasteiger partial charge < -0.3 is 16.0 Å². The van der Waals surface area contributed by atoms with E-state index in [1.165, 1.54) is 0 Å². The van der Waals surface area contributed by atoms with Gasteiger partial charge >= 0.3 is 0 Å². The molecule has 0 radical (unpaired) electrons. The van der Waals surface area contributed by atoms with Gasteiger partial charge in [0.25, 0.3) is 0 Å². The quantitative estimate of drug-likeness (QED) is 0.428. The molecule has 8 nitrogen and oxygen atoms in total. The van der Waals surface area contributed by atoms with Crippen molar-refractivity contribution in [3.8, 4) is 0 Å². The largest absolute Gasteiger partial charge is 0.369 e. The standard InChI is InChI=1S/C21H21N7O/c22-18(29)11-3-5-16-14(8-11)17-20(26-19(10-1-2-10)27-21(17)25-16)24-13-4-6-15-12(7-13)9-23-28-15/h4,6-7,9-11H,1-3,5,8H2,(H2,22,29)(H,23,28)(H2,24,25,26,27). The minimum absolute atomic E-state index is 0.139. The maximum absolute atomic E-state index is 11.8. The van der Waals surface area contributed by atoms with Crippen LogP contribution >= 0.6 is 0 Å². The number of fused-ring (bicyclic) bond motifs is 4. The number of hydrogen-bond acceptors (Lipinski definition) is 5. The summed E-state index contributed by atoms with van der Waals surface area (Å²) >= 11 is 0. The number of nitrogens with zero attached hydrogens (tertiary/aromatic N) is 3. The summed E-state index contributed by atoms with van der Waals surface area (Å²) in [5, 5.41) is 12.6. The molecule has 1 amide bonds. The average molecular weight is 387 g/mol. The minimum Gasteiger partial charge on any atom is -0.369 e. The Hall–Kier alpha value is -3.42. The van der Waals surface area contributed by atoms with E-state index in [2.05, 4.69) is 26.6 Å². The molecule has 2 aliphatic carbocycles. The van der Waals surface area contributed by atoms with Crippen molar-refractivity contribution in [2.24, 2.45) is 11.7 Å². The average Bonchev–Trinajstić information content (AvgIpc) is 3.35. The van der Waals surface area contributed by atoms with E-state index in [1.807, 2.05) is 12.1 Å². The van der Waals surface area contributed by atoms with Crippen LogP contribution in [0.1, 0.15) is 42.3 Å². The summed E-state index contributed by atoms with van der Waals surface area (Å²) in [6.45, 7) is 0. The lowest BCUT2D eigenvalue weighted by molar-refractivity contribution is -0.122. The second-order valence-electron chi connectivity index (χ2n) is 8.15. The number of aromatic nitrogens is 5. The summed E-state index contributed by atoms with van der Waals surface area (Å²) < 4.78 is 0. The van der Waals surface area contributed by atoms with Gasteiger partial charge in [0, 0.05) is 28.6 Å². The molecule has 1 aromatic carbocycles. The predicted molar refractivity (Wildman–Crippen MR) is 110 cm³/mol. The molecule has 1 fully saturated rings. The zero-order valence-electron chi connectivity index (χ0n) is 15.8. The molecule has 2 aliphatic rings. The van der Waals surface area contributed by atoms with Crippen LogP contribution in [0.25, 0.3) is 21.9 Å². The second-order valence-corrected chi connectivity index (χ2v) is 8.15. The molecule has 1 saturated carbocycles. The van der Waals surface area contributed by atoms with Crippen LogP contribution in [-0.4, -0.2) is 31.1 Å². The molecule has 3 heterocycles. The monoisotopic (exact) mass is 387 g/mol. The van der Waals surface area contributed by atoms with Gasteiger partial charge in [-0.25, -0.2) is 9.97 Å². The summed E-state index contributed by atoms with van der Waals surface area (Å²) in [5.74, 6) is 1.74. The number of H-pyrrole nitrogens is 2. The Morgan fingerprint density at radius 1 is 1.21 bits per heavy atom. The van der Waals surface area contributed by atoms with Gasteiger partial charge in [0.05, 0.1) is 17.1 Å². The van der Waals surface area contributed by atoms with Crippen LogP contribution in [0.15, 0.2) is 24.4 Å². The fourth-order valence-electron chi connectivity index (χ4n) is 4.34. The summed E-state index contributed by atoms with van der Waals surface area (Å²) in [6.07, 6.45) is 6.29. The van der Waals surface area contributed by atoms with E-state index < -0.39 is 0 Å². The fourth-order valence-corrected chi connectivity index (χ4v) is 4.34. The number of anilines is 2. The molecule has 6 rings (SSSR count). The van der Waals surface area contributed by atoms with Crippen LogP contribution in [0.4, 0.5) is 11.5 Å². The molecule has 146 valence electrons. The maximum atomic E-state index is 11.8. The zero-order valence-corrected chi connectivity index (χ0v) is 15.8. The van der Waals surface area contributed by atoms with Gasteiger partial charge in [-0.1, -0.05) is 0 Å². The van der Waals surface area contributed by atoms with Gasteiger partial charge in [0.15, 0.2) is 0 Å². The van der Waals surface area contributed by atoms with Crippen molar-refractivity contribution >= 4 is 39.3 Å². The van der Waals surface area contributed by atoms with Crippen LogP contribution in [0.5, 0.6) is 0 Å². The van der Waals surface area contributed by atoms with E-state index in [9.17, 15) is 4.79 Å². The number of nitrogens with one attached hydrogen (secondary N) is 3. The van der Waals surface area contributed by atoms with Crippen LogP contribution in [0, 0.1) is 5.92 Å². The Bertz CT molecular complexity index is 1270. The van der Waals surface area contributed by atoms with Gasteiger partial charge in [0.1, 0.15) is 17.3 Å². The van der Waals surface area contributed by atoms with Crippen LogP contribution < -0.4 is 11.1 Å². The van der Waals surface area contributed by atoms with E-state index in [1.54, 1.807) is 6.20 Å². The lowest BCUT2D eigenvalue weighted by atomic mass is 9.86. The number of aromatic amines is 2. The number of hydrogen-bond donors (Lipinski definition) is 4. The summed E-state index contributed by atoms with van der Waals surface area (Å²) in [4.78, 5) is 25.0. The SMILES string of the molecule is NC(=O)C1CCc2[nH]c3nc(C4CC4)nc(Nc4ccc5[nH]ncc5c4)c3c2C1. The van der Waals surface area contributed by atoms with Gasteiger partial charge in [-0.2, -0.15) is 5.10 Å². The predicted octanol–water partition coefficient (Wildman–Crippen LogP) is 3.05. The molecule has 0 aliphatic heterocycles.